The summed E-state index contributed by atoms with van der Waals surface area (Å²) in [7, 11) is 2.15. The van der Waals surface area contributed by atoms with Gasteiger partial charge in [-0.05, 0) is 50.5 Å². The number of nitrogens with zero attached hydrogens (tertiary/aromatic N) is 4. The SMILES string of the molecule is CN1CCC2(CC1)CN(C(=O)Nc1cnn(-c3ccccc3F)c1)[C@@H]1COC[C@@H]12. The Morgan fingerprint density at radius 2 is 2.07 bits per heavy atom. The van der Waals surface area contributed by atoms with Crippen LogP contribution in [0.4, 0.5) is 14.9 Å². The maximum absolute atomic E-state index is 14.0. The molecule has 3 aliphatic rings. The number of aromatic nitrogens is 2. The number of amides is 2. The molecule has 1 aromatic heterocycles. The Labute approximate surface area is 169 Å². The van der Waals surface area contributed by atoms with Gasteiger partial charge in [0.25, 0.3) is 0 Å². The monoisotopic (exact) mass is 399 g/mol. The van der Waals surface area contributed by atoms with Crippen molar-refractivity contribution in [2.45, 2.75) is 18.9 Å². The Morgan fingerprint density at radius 3 is 2.86 bits per heavy atom. The van der Waals surface area contributed by atoms with E-state index in [0.29, 0.717) is 23.9 Å². The number of benzene rings is 1. The van der Waals surface area contributed by atoms with Crippen LogP contribution in [0.5, 0.6) is 0 Å². The van der Waals surface area contributed by atoms with E-state index in [9.17, 15) is 9.18 Å². The molecule has 8 heteroatoms. The van der Waals surface area contributed by atoms with Crippen LogP contribution in [0, 0.1) is 17.2 Å². The van der Waals surface area contributed by atoms with Gasteiger partial charge in [0, 0.05) is 12.5 Å². The van der Waals surface area contributed by atoms with Crippen molar-refractivity contribution in [1.82, 2.24) is 19.6 Å². The van der Waals surface area contributed by atoms with Crippen LogP contribution in [0.15, 0.2) is 36.7 Å². The van der Waals surface area contributed by atoms with Crippen molar-refractivity contribution in [3.05, 3.63) is 42.5 Å². The molecule has 0 bridgehead atoms. The molecule has 5 rings (SSSR count). The first kappa shape index (κ1) is 18.6. The van der Waals surface area contributed by atoms with E-state index in [2.05, 4.69) is 22.4 Å². The van der Waals surface area contributed by atoms with Gasteiger partial charge < -0.3 is 19.9 Å². The Hall–Kier alpha value is -2.45. The highest BCUT2D eigenvalue weighted by atomic mass is 19.1. The number of rotatable bonds is 2. The molecule has 0 unspecified atom stereocenters. The van der Waals surface area contributed by atoms with E-state index in [1.165, 1.54) is 10.7 Å². The highest BCUT2D eigenvalue weighted by molar-refractivity contribution is 5.89. The number of halogens is 1. The molecule has 4 heterocycles. The van der Waals surface area contributed by atoms with Crippen LogP contribution in [-0.2, 0) is 4.74 Å². The second-order valence-corrected chi connectivity index (χ2v) is 8.56. The molecular formula is C21H26FN5O2. The van der Waals surface area contributed by atoms with Crippen molar-refractivity contribution in [1.29, 1.82) is 0 Å². The Balaban J connectivity index is 1.32. The van der Waals surface area contributed by atoms with Gasteiger partial charge in [-0.15, -0.1) is 0 Å². The Kier molecular flexibility index (Phi) is 4.55. The highest BCUT2D eigenvalue weighted by Crippen LogP contribution is 2.50. The van der Waals surface area contributed by atoms with Gasteiger partial charge in [0.2, 0.25) is 0 Å². The van der Waals surface area contributed by atoms with Gasteiger partial charge in [-0.3, -0.25) is 0 Å². The molecule has 154 valence electrons. The summed E-state index contributed by atoms with van der Waals surface area (Å²) in [6, 6.07) is 6.43. The molecule has 0 saturated carbocycles. The topological polar surface area (TPSA) is 62.6 Å². The van der Waals surface area contributed by atoms with Crippen molar-refractivity contribution < 1.29 is 13.9 Å². The predicted octanol–water partition coefficient (Wildman–Crippen LogP) is 2.59. The normalized spacial score (nSPS) is 26.1. The molecule has 2 atom stereocenters. The average Bonchev–Trinajstić information content (AvgIpc) is 3.43. The third-order valence-corrected chi connectivity index (χ3v) is 6.90. The third-order valence-electron chi connectivity index (χ3n) is 6.90. The first-order valence-corrected chi connectivity index (χ1v) is 10.2. The van der Waals surface area contributed by atoms with Crippen LogP contribution in [0.2, 0.25) is 0 Å². The molecule has 2 amide bonds. The second kappa shape index (κ2) is 7.11. The number of hydrogen-bond acceptors (Lipinski definition) is 4. The molecule has 0 aliphatic carbocycles. The lowest BCUT2D eigenvalue weighted by atomic mass is 9.70. The molecule has 7 nitrogen and oxygen atoms in total. The van der Waals surface area contributed by atoms with Gasteiger partial charge in [-0.2, -0.15) is 5.10 Å². The van der Waals surface area contributed by atoms with Crippen LogP contribution >= 0.6 is 0 Å². The fraction of sp³-hybridized carbons (Fsp3) is 0.524. The molecule has 3 saturated heterocycles. The zero-order valence-corrected chi connectivity index (χ0v) is 16.6. The van der Waals surface area contributed by atoms with Crippen molar-refractivity contribution in [3.63, 3.8) is 0 Å². The van der Waals surface area contributed by atoms with Crippen LogP contribution in [0.3, 0.4) is 0 Å². The minimum Gasteiger partial charge on any atom is -0.379 e. The minimum atomic E-state index is -0.358. The minimum absolute atomic E-state index is 0.125. The van der Waals surface area contributed by atoms with E-state index in [1.807, 2.05) is 4.90 Å². The lowest BCUT2D eigenvalue weighted by Gasteiger charge is -2.40. The number of carbonyl (C=O) groups is 1. The summed E-state index contributed by atoms with van der Waals surface area (Å²) >= 11 is 0. The number of fused-ring (bicyclic) bond motifs is 2. The fourth-order valence-electron chi connectivity index (χ4n) is 5.18. The highest BCUT2D eigenvalue weighted by Gasteiger charge is 2.56. The average molecular weight is 399 g/mol. The summed E-state index contributed by atoms with van der Waals surface area (Å²) in [5, 5.41) is 7.15. The van der Waals surface area contributed by atoms with Gasteiger partial charge in [0.1, 0.15) is 11.5 Å². The number of hydrogen-bond donors (Lipinski definition) is 1. The van der Waals surface area contributed by atoms with Crippen molar-refractivity contribution in [2.24, 2.45) is 11.3 Å². The molecule has 29 heavy (non-hydrogen) atoms. The van der Waals surface area contributed by atoms with Crippen LogP contribution in [0.1, 0.15) is 12.8 Å². The quantitative estimate of drug-likeness (QED) is 0.843. The van der Waals surface area contributed by atoms with Crippen LogP contribution < -0.4 is 5.32 Å². The molecule has 1 spiro atoms. The molecule has 0 radical (unpaired) electrons. The number of ether oxygens (including phenoxy) is 1. The van der Waals surface area contributed by atoms with Gasteiger partial charge >= 0.3 is 6.03 Å². The van der Waals surface area contributed by atoms with E-state index in [4.69, 9.17) is 4.74 Å². The van der Waals surface area contributed by atoms with E-state index in [-0.39, 0.29) is 23.3 Å². The molecule has 1 aromatic carbocycles. The second-order valence-electron chi connectivity index (χ2n) is 8.56. The molecule has 3 fully saturated rings. The predicted molar refractivity (Wildman–Crippen MR) is 107 cm³/mol. The Bertz CT molecular complexity index is 908. The largest absolute Gasteiger partial charge is 0.379 e. The van der Waals surface area contributed by atoms with E-state index >= 15 is 0 Å². The summed E-state index contributed by atoms with van der Waals surface area (Å²) < 4.78 is 21.2. The maximum Gasteiger partial charge on any atom is 0.322 e. The lowest BCUT2D eigenvalue weighted by Crippen LogP contribution is -2.44. The van der Waals surface area contributed by atoms with Crippen LogP contribution in [0.25, 0.3) is 5.69 Å². The maximum atomic E-state index is 14.0. The number of nitrogens with one attached hydrogen (secondary N) is 1. The number of carbonyl (C=O) groups excluding carboxylic acids is 1. The zero-order chi connectivity index (χ0) is 20.0. The molecule has 3 aliphatic heterocycles. The van der Waals surface area contributed by atoms with Crippen molar-refractivity contribution >= 4 is 11.7 Å². The first-order valence-electron chi connectivity index (χ1n) is 10.2. The van der Waals surface area contributed by atoms with E-state index in [1.54, 1.807) is 30.6 Å². The number of para-hydroxylation sites is 1. The smallest absolute Gasteiger partial charge is 0.322 e. The van der Waals surface area contributed by atoms with Gasteiger partial charge in [0.05, 0.1) is 37.3 Å². The van der Waals surface area contributed by atoms with Gasteiger partial charge in [-0.25, -0.2) is 13.9 Å². The fourth-order valence-corrected chi connectivity index (χ4v) is 5.18. The number of urea groups is 1. The number of likely N-dealkylation sites (tertiary alicyclic amines) is 2. The van der Waals surface area contributed by atoms with Gasteiger partial charge in [0.15, 0.2) is 0 Å². The first-order chi connectivity index (χ1) is 14.1. The van der Waals surface area contributed by atoms with E-state index in [0.717, 1.165) is 39.1 Å². The van der Waals surface area contributed by atoms with Crippen LogP contribution in [-0.4, -0.2) is 71.5 Å². The Morgan fingerprint density at radius 1 is 1.28 bits per heavy atom. The summed E-state index contributed by atoms with van der Waals surface area (Å²) in [6.45, 7) is 4.24. The standard InChI is InChI=1S/C21H26FN5O2/c1-25-8-6-21(7-9-25)14-26(19-13-29-12-16(19)21)20(28)24-15-10-23-27(11-15)18-5-3-2-4-17(18)22/h2-5,10-11,16,19H,6-9,12-14H2,1H3,(H,24,28)/t16-,19+/m0/s1. The van der Waals surface area contributed by atoms with Gasteiger partial charge in [-0.1, -0.05) is 12.1 Å². The number of piperidine rings is 1. The van der Waals surface area contributed by atoms with E-state index < -0.39 is 0 Å². The van der Waals surface area contributed by atoms with Crippen molar-refractivity contribution in [2.75, 3.05) is 45.2 Å². The lowest BCUT2D eigenvalue weighted by molar-refractivity contribution is 0.0624. The van der Waals surface area contributed by atoms with Crippen molar-refractivity contribution in [3.8, 4) is 5.69 Å². The molecular weight excluding hydrogens is 373 g/mol. The summed E-state index contributed by atoms with van der Waals surface area (Å²) in [5.74, 6) is 0.0475. The zero-order valence-electron chi connectivity index (χ0n) is 16.6. The molecule has 2 aromatic rings. The molecule has 1 N–H and O–H groups in total. The third kappa shape index (κ3) is 3.20. The summed E-state index contributed by atoms with van der Waals surface area (Å²) in [6.07, 6.45) is 5.39. The number of anilines is 1. The summed E-state index contributed by atoms with van der Waals surface area (Å²) in [5.41, 5.74) is 1.06. The summed E-state index contributed by atoms with van der Waals surface area (Å²) in [4.78, 5) is 17.4.